The van der Waals surface area contributed by atoms with Crippen LogP contribution in [0.5, 0.6) is 0 Å². The van der Waals surface area contributed by atoms with E-state index < -0.39 is 11.9 Å². The summed E-state index contributed by atoms with van der Waals surface area (Å²) in [6.07, 6.45) is 5.20. The van der Waals surface area contributed by atoms with E-state index >= 15 is 0 Å². The number of unbranched alkanes of at least 4 members (excludes halogenated alkanes) is 2. The summed E-state index contributed by atoms with van der Waals surface area (Å²) in [5, 5.41) is 1.35. The highest BCUT2D eigenvalue weighted by molar-refractivity contribution is 6.11. The third-order valence-electron chi connectivity index (χ3n) is 8.14. The molecule has 2 aromatic carbocycles. The molecule has 0 spiro atoms. The number of hydrogen-bond acceptors (Lipinski definition) is 8. The fourth-order valence-electron chi connectivity index (χ4n) is 4.90. The molecule has 0 bridgehead atoms. The first-order chi connectivity index (χ1) is 19.5. The third kappa shape index (κ3) is 7.81. The van der Waals surface area contributed by atoms with Crippen molar-refractivity contribution < 1.29 is 38.0 Å². The monoisotopic (exact) mass is 556 g/mol. The Balaban J connectivity index is 1.17. The molecule has 0 saturated carbocycles. The second-order valence-electron chi connectivity index (χ2n) is 11.2. The molecule has 0 N–H and O–H groups in total. The molecule has 0 atom stereocenters. The molecule has 2 aromatic rings. The number of esters is 2. The Morgan fingerprint density at radius 1 is 0.650 bits per heavy atom. The fourth-order valence-corrected chi connectivity index (χ4v) is 4.90. The van der Waals surface area contributed by atoms with E-state index in [1.165, 1.54) is 0 Å². The van der Waals surface area contributed by atoms with Crippen molar-refractivity contribution >= 4 is 22.7 Å². The van der Waals surface area contributed by atoms with Crippen LogP contribution in [0.2, 0.25) is 0 Å². The first-order valence-electron chi connectivity index (χ1n) is 14.7. The zero-order valence-electron chi connectivity index (χ0n) is 24.0. The van der Waals surface area contributed by atoms with Crippen molar-refractivity contribution in [3.8, 4) is 0 Å². The standard InChI is InChI=1S/C32H44O8/c1-3-31(21-37-22-31)19-35-15-5-7-17-39-29(33)27-13-9-12-26-25(27)11-10-14-28(26)30(34)40-18-8-6-16-36-20-32(4-2)23-38-24-32/h9-14H,3-8,15-24H2,1-2H3. The van der Waals surface area contributed by atoms with Gasteiger partial charge in [0.2, 0.25) is 0 Å². The molecule has 0 unspecified atom stereocenters. The topological polar surface area (TPSA) is 89.5 Å². The van der Waals surface area contributed by atoms with Gasteiger partial charge in [-0.25, -0.2) is 9.59 Å². The van der Waals surface area contributed by atoms with Crippen molar-refractivity contribution in [2.75, 3.05) is 66.1 Å². The second kappa shape index (κ2) is 14.9. The minimum Gasteiger partial charge on any atom is -0.462 e. The summed E-state index contributed by atoms with van der Waals surface area (Å²) in [5.74, 6) is -0.793. The van der Waals surface area contributed by atoms with E-state index in [1.807, 2.05) is 12.1 Å². The molecular weight excluding hydrogens is 512 g/mol. The van der Waals surface area contributed by atoms with E-state index in [-0.39, 0.29) is 10.8 Å². The molecule has 8 heteroatoms. The fraction of sp³-hybridized carbons (Fsp3) is 0.625. The molecule has 40 heavy (non-hydrogen) atoms. The Hall–Kier alpha value is -2.52. The van der Waals surface area contributed by atoms with E-state index in [9.17, 15) is 9.59 Å². The van der Waals surface area contributed by atoms with Crippen LogP contribution in [0.4, 0.5) is 0 Å². The lowest BCUT2D eigenvalue weighted by Gasteiger charge is -2.40. The largest absolute Gasteiger partial charge is 0.462 e. The van der Waals surface area contributed by atoms with E-state index in [0.717, 1.165) is 65.0 Å². The Morgan fingerprint density at radius 2 is 1.05 bits per heavy atom. The van der Waals surface area contributed by atoms with Crippen LogP contribution >= 0.6 is 0 Å². The van der Waals surface area contributed by atoms with Crippen LogP contribution < -0.4 is 0 Å². The van der Waals surface area contributed by atoms with Gasteiger partial charge in [-0.1, -0.05) is 38.1 Å². The van der Waals surface area contributed by atoms with E-state index in [0.29, 0.717) is 61.5 Å². The van der Waals surface area contributed by atoms with E-state index in [2.05, 4.69) is 13.8 Å². The SMILES string of the molecule is CCC1(COCCCCOC(=O)c2cccc3c(C(=O)OCCCCOCC4(CC)COC4)cccc23)COC1. The van der Waals surface area contributed by atoms with Crippen molar-refractivity contribution in [2.45, 2.75) is 52.4 Å². The molecule has 0 aliphatic carbocycles. The number of ether oxygens (including phenoxy) is 6. The number of benzene rings is 2. The summed E-state index contributed by atoms with van der Waals surface area (Å²) in [6.45, 7) is 10.8. The maximum Gasteiger partial charge on any atom is 0.338 e. The first kappa shape index (κ1) is 30.4. The molecule has 2 fully saturated rings. The van der Waals surface area contributed by atoms with Gasteiger partial charge in [-0.3, -0.25) is 0 Å². The summed E-state index contributed by atoms with van der Waals surface area (Å²) in [5.41, 5.74) is 1.25. The molecule has 0 amide bonds. The summed E-state index contributed by atoms with van der Waals surface area (Å²) in [4.78, 5) is 25.7. The van der Waals surface area contributed by atoms with Gasteiger partial charge in [0.05, 0.1) is 64.0 Å². The van der Waals surface area contributed by atoms with Gasteiger partial charge < -0.3 is 28.4 Å². The Morgan fingerprint density at radius 3 is 1.40 bits per heavy atom. The van der Waals surface area contributed by atoms with Gasteiger partial charge in [0, 0.05) is 24.0 Å². The Kier molecular flexibility index (Phi) is 11.4. The number of hydrogen-bond donors (Lipinski definition) is 0. The lowest BCUT2D eigenvalue weighted by molar-refractivity contribution is -0.150. The van der Waals surface area contributed by atoms with Crippen LogP contribution in [0, 0.1) is 10.8 Å². The van der Waals surface area contributed by atoms with Gasteiger partial charge in [-0.2, -0.15) is 0 Å². The van der Waals surface area contributed by atoms with E-state index in [1.54, 1.807) is 24.3 Å². The predicted octanol–water partition coefficient (Wildman–Crippen LogP) is 5.60. The van der Waals surface area contributed by atoms with Gasteiger partial charge >= 0.3 is 11.9 Å². The predicted molar refractivity (Wildman–Crippen MR) is 152 cm³/mol. The highest BCUT2D eigenvalue weighted by Crippen LogP contribution is 2.32. The lowest BCUT2D eigenvalue weighted by atomic mass is 9.84. The van der Waals surface area contributed by atoms with Crippen molar-refractivity contribution in [1.82, 2.24) is 0 Å². The smallest absolute Gasteiger partial charge is 0.338 e. The maximum absolute atomic E-state index is 12.8. The first-order valence-corrected chi connectivity index (χ1v) is 14.7. The number of rotatable bonds is 18. The van der Waals surface area contributed by atoms with Crippen molar-refractivity contribution in [3.63, 3.8) is 0 Å². The Labute approximate surface area is 237 Å². The molecule has 2 heterocycles. The van der Waals surface area contributed by atoms with Crippen LogP contribution in [0.15, 0.2) is 36.4 Å². The zero-order chi connectivity index (χ0) is 28.3. The molecule has 0 radical (unpaired) electrons. The molecule has 220 valence electrons. The highest BCUT2D eigenvalue weighted by atomic mass is 16.5. The average Bonchev–Trinajstić information content (AvgIpc) is 2.93. The van der Waals surface area contributed by atoms with Crippen LogP contribution in [-0.4, -0.2) is 78.0 Å². The summed E-state index contributed by atoms with van der Waals surface area (Å²) in [6, 6.07) is 10.7. The average molecular weight is 557 g/mol. The molecule has 2 aliphatic heterocycles. The molecule has 8 nitrogen and oxygen atoms in total. The normalized spacial score (nSPS) is 17.1. The molecule has 2 saturated heterocycles. The lowest BCUT2D eigenvalue weighted by Crippen LogP contribution is -2.45. The van der Waals surface area contributed by atoms with Crippen molar-refractivity contribution in [2.24, 2.45) is 10.8 Å². The van der Waals surface area contributed by atoms with Gasteiger partial charge in [0.1, 0.15) is 0 Å². The third-order valence-corrected chi connectivity index (χ3v) is 8.14. The molecule has 4 rings (SSSR count). The summed E-state index contributed by atoms with van der Waals surface area (Å²) >= 11 is 0. The number of carbonyl (C=O) groups is 2. The summed E-state index contributed by atoms with van der Waals surface area (Å²) < 4.78 is 33.4. The van der Waals surface area contributed by atoms with Gasteiger partial charge in [-0.05, 0) is 61.4 Å². The maximum atomic E-state index is 12.8. The zero-order valence-corrected chi connectivity index (χ0v) is 24.0. The van der Waals surface area contributed by atoms with E-state index in [4.69, 9.17) is 28.4 Å². The van der Waals surface area contributed by atoms with Gasteiger partial charge in [0.25, 0.3) is 0 Å². The second-order valence-corrected chi connectivity index (χ2v) is 11.2. The number of carbonyl (C=O) groups excluding carboxylic acids is 2. The molecule has 0 aromatic heterocycles. The molecular formula is C32H44O8. The summed E-state index contributed by atoms with van der Waals surface area (Å²) in [7, 11) is 0. The van der Waals surface area contributed by atoms with Crippen LogP contribution in [0.3, 0.4) is 0 Å². The van der Waals surface area contributed by atoms with Crippen LogP contribution in [-0.2, 0) is 28.4 Å². The van der Waals surface area contributed by atoms with Crippen LogP contribution in [0.1, 0.15) is 73.1 Å². The Bertz CT molecular complexity index is 1010. The van der Waals surface area contributed by atoms with Crippen LogP contribution in [0.25, 0.3) is 10.8 Å². The number of fused-ring (bicyclic) bond motifs is 1. The van der Waals surface area contributed by atoms with Crippen molar-refractivity contribution in [1.29, 1.82) is 0 Å². The minimum absolute atomic E-state index is 0.185. The molecule has 2 aliphatic rings. The minimum atomic E-state index is -0.396. The highest BCUT2D eigenvalue weighted by Gasteiger charge is 2.37. The van der Waals surface area contributed by atoms with Crippen molar-refractivity contribution in [3.05, 3.63) is 47.5 Å². The van der Waals surface area contributed by atoms with Gasteiger partial charge in [-0.15, -0.1) is 0 Å². The van der Waals surface area contributed by atoms with Gasteiger partial charge in [0.15, 0.2) is 0 Å². The quantitative estimate of drug-likeness (QED) is 0.173.